The monoisotopic (exact) mass is 376 g/mol. The van der Waals surface area contributed by atoms with Gasteiger partial charge >= 0.3 is 11.9 Å². The van der Waals surface area contributed by atoms with Crippen LogP contribution in [-0.4, -0.2) is 39.4 Å². The topological polar surface area (TPSA) is 71.1 Å². The molecular formula is C21H28O6. The zero-order chi connectivity index (χ0) is 20.1. The zero-order valence-corrected chi connectivity index (χ0v) is 16.3. The summed E-state index contributed by atoms with van der Waals surface area (Å²) in [4.78, 5) is 22.4. The lowest BCUT2D eigenvalue weighted by molar-refractivity contribution is -0.139. The van der Waals surface area contributed by atoms with Gasteiger partial charge in [-0.25, -0.2) is 9.59 Å². The second-order valence-corrected chi connectivity index (χ2v) is 5.95. The molecule has 0 aliphatic rings. The molecule has 0 bridgehead atoms. The van der Waals surface area contributed by atoms with Crippen LogP contribution in [0, 0.1) is 0 Å². The Morgan fingerprint density at radius 1 is 1.04 bits per heavy atom. The minimum absolute atomic E-state index is 0.338. The van der Waals surface area contributed by atoms with Crippen molar-refractivity contribution < 1.29 is 28.5 Å². The minimum Gasteiger partial charge on any atom is -0.493 e. The maximum atomic E-state index is 11.2. The lowest BCUT2D eigenvalue weighted by Crippen LogP contribution is -2.06. The van der Waals surface area contributed by atoms with Gasteiger partial charge in [-0.05, 0) is 56.4 Å². The van der Waals surface area contributed by atoms with E-state index in [1.165, 1.54) is 13.2 Å². The van der Waals surface area contributed by atoms with Gasteiger partial charge in [-0.15, -0.1) is 0 Å². The van der Waals surface area contributed by atoms with Crippen molar-refractivity contribution in [3.8, 4) is 11.5 Å². The minimum atomic E-state index is -0.413. The van der Waals surface area contributed by atoms with Crippen LogP contribution < -0.4 is 9.47 Å². The molecule has 0 saturated carbocycles. The smallest absolute Gasteiger partial charge is 0.333 e. The Kier molecular flexibility index (Phi) is 10.4. The first kappa shape index (κ1) is 22.3. The quantitative estimate of drug-likeness (QED) is 0.313. The van der Waals surface area contributed by atoms with Gasteiger partial charge in [0.2, 0.25) is 0 Å². The van der Waals surface area contributed by atoms with E-state index in [-0.39, 0.29) is 5.97 Å². The highest BCUT2D eigenvalue weighted by atomic mass is 16.5. The van der Waals surface area contributed by atoms with Gasteiger partial charge in [0.25, 0.3) is 0 Å². The predicted octanol–water partition coefficient (Wildman–Crippen LogP) is 3.94. The van der Waals surface area contributed by atoms with Crippen molar-refractivity contribution in [1.82, 2.24) is 0 Å². The molecule has 0 atom stereocenters. The first-order valence-corrected chi connectivity index (χ1v) is 8.87. The van der Waals surface area contributed by atoms with Gasteiger partial charge < -0.3 is 18.9 Å². The van der Waals surface area contributed by atoms with Crippen molar-refractivity contribution in [2.24, 2.45) is 0 Å². The van der Waals surface area contributed by atoms with Crippen molar-refractivity contribution in [3.05, 3.63) is 42.0 Å². The highest BCUT2D eigenvalue weighted by Gasteiger charge is 2.05. The van der Waals surface area contributed by atoms with Crippen LogP contribution in [0.5, 0.6) is 11.5 Å². The fraction of sp³-hybridized carbons (Fsp3) is 0.429. The van der Waals surface area contributed by atoms with Crippen LogP contribution in [0.3, 0.4) is 0 Å². The van der Waals surface area contributed by atoms with E-state index in [0.717, 1.165) is 31.2 Å². The summed E-state index contributed by atoms with van der Waals surface area (Å²) in [5, 5.41) is 0. The van der Waals surface area contributed by atoms with E-state index < -0.39 is 5.97 Å². The van der Waals surface area contributed by atoms with Crippen LogP contribution in [0.2, 0.25) is 0 Å². The molecule has 6 nitrogen and oxygen atoms in total. The lowest BCUT2D eigenvalue weighted by atomic mass is 10.2. The highest BCUT2D eigenvalue weighted by Crippen LogP contribution is 2.28. The molecule has 0 unspecified atom stereocenters. The molecule has 0 aromatic heterocycles. The van der Waals surface area contributed by atoms with Crippen LogP contribution in [0.25, 0.3) is 6.08 Å². The normalized spacial score (nSPS) is 10.5. The molecule has 1 aromatic rings. The number of carbonyl (C=O) groups is 2. The Morgan fingerprint density at radius 3 is 2.37 bits per heavy atom. The van der Waals surface area contributed by atoms with Gasteiger partial charge in [-0.1, -0.05) is 12.6 Å². The summed E-state index contributed by atoms with van der Waals surface area (Å²) in [5.74, 6) is 0.510. The molecule has 0 N–H and O–H groups in total. The first-order chi connectivity index (χ1) is 13.0. The van der Waals surface area contributed by atoms with Crippen LogP contribution in [0.4, 0.5) is 0 Å². The molecule has 27 heavy (non-hydrogen) atoms. The molecule has 0 heterocycles. The Labute approximate surface area is 160 Å². The molecule has 0 spiro atoms. The van der Waals surface area contributed by atoms with Crippen molar-refractivity contribution >= 4 is 18.0 Å². The van der Waals surface area contributed by atoms with Crippen LogP contribution in [0.1, 0.15) is 38.2 Å². The summed E-state index contributed by atoms with van der Waals surface area (Å²) >= 11 is 0. The fourth-order valence-corrected chi connectivity index (χ4v) is 2.17. The Hall–Kier alpha value is -2.76. The van der Waals surface area contributed by atoms with Crippen LogP contribution in [0.15, 0.2) is 36.4 Å². The van der Waals surface area contributed by atoms with Gasteiger partial charge in [0.15, 0.2) is 11.5 Å². The van der Waals surface area contributed by atoms with Crippen molar-refractivity contribution in [3.63, 3.8) is 0 Å². The number of ether oxygens (including phenoxy) is 4. The number of hydrogen-bond donors (Lipinski definition) is 0. The van der Waals surface area contributed by atoms with Crippen molar-refractivity contribution in [1.29, 1.82) is 0 Å². The number of esters is 2. The van der Waals surface area contributed by atoms with E-state index in [4.69, 9.17) is 14.2 Å². The summed E-state index contributed by atoms with van der Waals surface area (Å²) in [6, 6.07) is 5.45. The summed E-state index contributed by atoms with van der Waals surface area (Å²) in [5.41, 5.74) is 1.23. The highest BCUT2D eigenvalue weighted by molar-refractivity contribution is 5.87. The van der Waals surface area contributed by atoms with Gasteiger partial charge in [0.1, 0.15) is 0 Å². The van der Waals surface area contributed by atoms with Gasteiger partial charge in [0, 0.05) is 11.6 Å². The molecule has 1 rings (SSSR count). The number of hydrogen-bond acceptors (Lipinski definition) is 6. The molecule has 0 aliphatic heterocycles. The fourth-order valence-electron chi connectivity index (χ4n) is 2.17. The molecule has 0 aliphatic carbocycles. The van der Waals surface area contributed by atoms with Gasteiger partial charge in [-0.2, -0.15) is 0 Å². The molecule has 0 fully saturated rings. The summed E-state index contributed by atoms with van der Waals surface area (Å²) < 4.78 is 20.7. The molecule has 1 aromatic carbocycles. The molecule has 148 valence electrons. The Morgan fingerprint density at radius 2 is 1.74 bits per heavy atom. The largest absolute Gasteiger partial charge is 0.493 e. The van der Waals surface area contributed by atoms with Gasteiger partial charge in [0.05, 0.1) is 27.4 Å². The number of carbonyl (C=O) groups excluding carboxylic acids is 2. The molecule has 0 amide bonds. The van der Waals surface area contributed by atoms with E-state index in [1.54, 1.807) is 26.2 Å². The van der Waals surface area contributed by atoms with E-state index in [2.05, 4.69) is 11.3 Å². The van der Waals surface area contributed by atoms with E-state index in [1.807, 2.05) is 12.1 Å². The Balaban J connectivity index is 2.32. The van der Waals surface area contributed by atoms with Gasteiger partial charge in [-0.3, -0.25) is 0 Å². The molecule has 6 heteroatoms. The number of unbranched alkanes of at least 4 members (excludes halogenated alkanes) is 3. The zero-order valence-electron chi connectivity index (χ0n) is 16.3. The molecule has 0 radical (unpaired) electrons. The average Bonchev–Trinajstić information content (AvgIpc) is 2.68. The summed E-state index contributed by atoms with van der Waals surface area (Å²) in [6.45, 7) is 6.16. The third kappa shape index (κ3) is 8.94. The van der Waals surface area contributed by atoms with E-state index >= 15 is 0 Å². The lowest BCUT2D eigenvalue weighted by Gasteiger charge is -2.11. The summed E-state index contributed by atoms with van der Waals surface area (Å²) in [7, 11) is 2.90. The summed E-state index contributed by atoms with van der Waals surface area (Å²) in [6.07, 6.45) is 6.65. The number of rotatable bonds is 12. The average molecular weight is 376 g/mol. The van der Waals surface area contributed by atoms with Crippen LogP contribution in [-0.2, 0) is 19.1 Å². The van der Waals surface area contributed by atoms with E-state index in [9.17, 15) is 9.59 Å². The second-order valence-electron chi connectivity index (χ2n) is 5.95. The maximum Gasteiger partial charge on any atom is 0.333 e. The third-order valence-corrected chi connectivity index (χ3v) is 3.68. The predicted molar refractivity (Wildman–Crippen MR) is 104 cm³/mol. The molecular weight excluding hydrogens is 348 g/mol. The van der Waals surface area contributed by atoms with Crippen LogP contribution >= 0.6 is 0 Å². The Bertz CT molecular complexity index is 663. The third-order valence-electron chi connectivity index (χ3n) is 3.68. The van der Waals surface area contributed by atoms with E-state index in [0.29, 0.717) is 30.3 Å². The standard InChI is InChI=1S/C21H28O6/c1-16(2)21(23)27-14-8-6-5-7-13-26-18-11-9-17(15-19(18)24-3)10-12-20(22)25-4/h9-12,15H,1,5-8,13-14H2,2-4H3. The maximum absolute atomic E-state index is 11.2. The SMILES string of the molecule is C=C(C)C(=O)OCCCCCCOc1ccc(C=CC(=O)OC)cc1OC. The van der Waals surface area contributed by atoms with Crippen molar-refractivity contribution in [2.45, 2.75) is 32.6 Å². The first-order valence-electron chi connectivity index (χ1n) is 8.87. The second kappa shape index (κ2) is 12.6. The molecule has 0 saturated heterocycles. The number of benzene rings is 1. The van der Waals surface area contributed by atoms with Crippen molar-refractivity contribution in [2.75, 3.05) is 27.4 Å². The number of methoxy groups -OCH3 is 2.